The summed E-state index contributed by atoms with van der Waals surface area (Å²) in [6.45, 7) is 1.85. The van der Waals surface area contributed by atoms with Crippen LogP contribution in [0, 0.1) is 12.7 Å². The summed E-state index contributed by atoms with van der Waals surface area (Å²) in [4.78, 5) is 21.3. The molecule has 0 fully saturated rings. The standard InChI is InChI=1S/C24H16FN7/c1-13-7-15(9-17(25)8-13)20-22-19(4-6-27-20)29-24(30-22)21-18-10-16(12-28-23(18)32-31-21)14-3-2-5-26-11-14/h2-12H,1H3,(H,29,30)(H,28,31,32). The summed E-state index contributed by atoms with van der Waals surface area (Å²) in [6.07, 6.45) is 7.00. The van der Waals surface area contributed by atoms with Gasteiger partial charge in [-0.05, 0) is 48.9 Å². The number of benzene rings is 1. The van der Waals surface area contributed by atoms with Crippen molar-refractivity contribution in [3.8, 4) is 33.9 Å². The van der Waals surface area contributed by atoms with Gasteiger partial charge in [0.25, 0.3) is 0 Å². The van der Waals surface area contributed by atoms with Gasteiger partial charge >= 0.3 is 0 Å². The number of nitrogens with one attached hydrogen (secondary N) is 2. The summed E-state index contributed by atoms with van der Waals surface area (Å²) in [7, 11) is 0. The molecule has 5 heterocycles. The van der Waals surface area contributed by atoms with Crippen LogP contribution in [-0.4, -0.2) is 35.1 Å². The molecular weight excluding hydrogens is 405 g/mol. The number of nitrogens with zero attached hydrogens (tertiary/aromatic N) is 5. The summed E-state index contributed by atoms with van der Waals surface area (Å²) in [5.41, 5.74) is 6.76. The molecule has 0 saturated heterocycles. The molecule has 0 bridgehead atoms. The number of aromatic nitrogens is 7. The van der Waals surface area contributed by atoms with Gasteiger partial charge in [0.05, 0.1) is 16.6 Å². The zero-order valence-corrected chi connectivity index (χ0v) is 17.0. The number of aromatic amines is 2. The summed E-state index contributed by atoms with van der Waals surface area (Å²) < 4.78 is 14.0. The minimum absolute atomic E-state index is 0.304. The molecule has 2 N–H and O–H groups in total. The van der Waals surface area contributed by atoms with Gasteiger partial charge in [0.15, 0.2) is 11.5 Å². The number of pyridine rings is 3. The van der Waals surface area contributed by atoms with Crippen LogP contribution in [0.15, 0.2) is 67.3 Å². The first-order chi connectivity index (χ1) is 15.7. The lowest BCUT2D eigenvalue weighted by Crippen LogP contribution is -1.88. The normalized spacial score (nSPS) is 11.4. The lowest BCUT2D eigenvalue weighted by Gasteiger charge is -2.03. The molecule has 0 radical (unpaired) electrons. The van der Waals surface area contributed by atoms with E-state index in [2.05, 4.69) is 30.1 Å². The van der Waals surface area contributed by atoms with Crippen molar-refractivity contribution in [3.05, 3.63) is 78.6 Å². The van der Waals surface area contributed by atoms with E-state index >= 15 is 0 Å². The van der Waals surface area contributed by atoms with E-state index in [0.29, 0.717) is 33.9 Å². The second-order valence-electron chi connectivity index (χ2n) is 7.59. The fourth-order valence-electron chi connectivity index (χ4n) is 3.91. The average Bonchev–Trinajstić information content (AvgIpc) is 3.42. The topological polar surface area (TPSA) is 96.0 Å². The van der Waals surface area contributed by atoms with Gasteiger partial charge < -0.3 is 4.98 Å². The maximum atomic E-state index is 14.0. The molecule has 0 unspecified atom stereocenters. The van der Waals surface area contributed by atoms with Crippen LogP contribution in [0.25, 0.3) is 56.0 Å². The third-order valence-electron chi connectivity index (χ3n) is 5.35. The molecule has 0 aliphatic carbocycles. The summed E-state index contributed by atoms with van der Waals surface area (Å²) in [5.74, 6) is 0.278. The second kappa shape index (κ2) is 7.05. The van der Waals surface area contributed by atoms with Gasteiger partial charge in [-0.15, -0.1) is 0 Å². The van der Waals surface area contributed by atoms with Crippen LogP contribution < -0.4 is 0 Å². The van der Waals surface area contributed by atoms with Crippen molar-refractivity contribution in [1.82, 2.24) is 35.1 Å². The number of H-pyrrole nitrogens is 2. The van der Waals surface area contributed by atoms with Crippen LogP contribution in [0.5, 0.6) is 0 Å². The number of halogens is 1. The zero-order chi connectivity index (χ0) is 21.7. The van der Waals surface area contributed by atoms with Gasteiger partial charge in [-0.2, -0.15) is 5.10 Å². The minimum atomic E-state index is -0.304. The van der Waals surface area contributed by atoms with Crippen molar-refractivity contribution in [2.75, 3.05) is 0 Å². The number of hydrogen-bond donors (Lipinski definition) is 2. The monoisotopic (exact) mass is 421 g/mol. The Hall–Kier alpha value is -4.46. The summed E-state index contributed by atoms with van der Waals surface area (Å²) >= 11 is 0. The van der Waals surface area contributed by atoms with E-state index in [9.17, 15) is 4.39 Å². The molecule has 8 heteroatoms. The predicted octanol–water partition coefficient (Wildman–Crippen LogP) is 5.07. The molecule has 0 aliphatic heterocycles. The quantitative estimate of drug-likeness (QED) is 0.416. The largest absolute Gasteiger partial charge is 0.336 e. The van der Waals surface area contributed by atoms with Gasteiger partial charge in [-0.3, -0.25) is 15.1 Å². The Bertz CT molecular complexity index is 1580. The first-order valence-corrected chi connectivity index (χ1v) is 10.0. The van der Waals surface area contributed by atoms with Crippen molar-refractivity contribution in [2.45, 2.75) is 6.92 Å². The zero-order valence-electron chi connectivity index (χ0n) is 17.0. The molecular formula is C24H16FN7. The fraction of sp³-hybridized carbons (Fsp3) is 0.0417. The molecule has 6 aromatic rings. The van der Waals surface area contributed by atoms with Crippen molar-refractivity contribution >= 4 is 22.1 Å². The highest BCUT2D eigenvalue weighted by atomic mass is 19.1. The molecule has 0 saturated carbocycles. The molecule has 32 heavy (non-hydrogen) atoms. The number of hydrogen-bond acceptors (Lipinski definition) is 5. The molecule has 6 rings (SSSR count). The number of aryl methyl sites for hydroxylation is 1. The van der Waals surface area contributed by atoms with Crippen LogP contribution in [0.4, 0.5) is 4.39 Å². The Morgan fingerprint density at radius 2 is 1.81 bits per heavy atom. The number of fused-ring (bicyclic) bond motifs is 2. The number of imidazole rings is 1. The SMILES string of the molecule is Cc1cc(F)cc(-c2nccc3[nH]c(-c4n[nH]c5ncc(-c6cccnc6)cc45)nc23)c1. The Morgan fingerprint density at radius 1 is 0.875 bits per heavy atom. The molecule has 1 aromatic carbocycles. The van der Waals surface area contributed by atoms with Crippen LogP contribution >= 0.6 is 0 Å². The summed E-state index contributed by atoms with van der Waals surface area (Å²) in [6, 6.07) is 12.6. The molecule has 0 aliphatic rings. The Morgan fingerprint density at radius 3 is 2.66 bits per heavy atom. The van der Waals surface area contributed by atoms with E-state index in [4.69, 9.17) is 4.98 Å². The first kappa shape index (κ1) is 18.3. The van der Waals surface area contributed by atoms with E-state index in [-0.39, 0.29) is 5.82 Å². The van der Waals surface area contributed by atoms with Crippen LogP contribution in [-0.2, 0) is 0 Å². The third-order valence-corrected chi connectivity index (χ3v) is 5.35. The van der Waals surface area contributed by atoms with E-state index in [1.54, 1.807) is 24.8 Å². The van der Waals surface area contributed by atoms with Gasteiger partial charge in [0.2, 0.25) is 0 Å². The summed E-state index contributed by atoms with van der Waals surface area (Å²) in [5, 5.41) is 8.25. The smallest absolute Gasteiger partial charge is 0.159 e. The van der Waals surface area contributed by atoms with E-state index in [1.165, 1.54) is 12.1 Å². The van der Waals surface area contributed by atoms with Crippen LogP contribution in [0.1, 0.15) is 5.56 Å². The predicted molar refractivity (Wildman–Crippen MR) is 120 cm³/mol. The fourth-order valence-corrected chi connectivity index (χ4v) is 3.91. The minimum Gasteiger partial charge on any atom is -0.336 e. The van der Waals surface area contributed by atoms with Crippen molar-refractivity contribution < 1.29 is 4.39 Å². The van der Waals surface area contributed by atoms with Crippen LogP contribution in [0.2, 0.25) is 0 Å². The maximum absolute atomic E-state index is 14.0. The highest BCUT2D eigenvalue weighted by Gasteiger charge is 2.17. The third kappa shape index (κ3) is 3.01. The molecule has 0 amide bonds. The highest BCUT2D eigenvalue weighted by molar-refractivity contribution is 5.96. The lowest BCUT2D eigenvalue weighted by molar-refractivity contribution is 0.627. The average molecular weight is 421 g/mol. The molecule has 154 valence electrons. The Balaban J connectivity index is 1.52. The van der Waals surface area contributed by atoms with Gasteiger partial charge in [0.1, 0.15) is 17.0 Å². The lowest BCUT2D eigenvalue weighted by atomic mass is 10.1. The second-order valence-corrected chi connectivity index (χ2v) is 7.59. The van der Waals surface area contributed by atoms with E-state index in [1.807, 2.05) is 37.3 Å². The van der Waals surface area contributed by atoms with Crippen molar-refractivity contribution in [3.63, 3.8) is 0 Å². The number of rotatable bonds is 3. The van der Waals surface area contributed by atoms with Crippen molar-refractivity contribution in [1.29, 1.82) is 0 Å². The highest BCUT2D eigenvalue weighted by Crippen LogP contribution is 2.31. The molecule has 5 aromatic heterocycles. The van der Waals surface area contributed by atoms with Crippen molar-refractivity contribution in [2.24, 2.45) is 0 Å². The first-order valence-electron chi connectivity index (χ1n) is 10.0. The molecule has 0 spiro atoms. The van der Waals surface area contributed by atoms with E-state index in [0.717, 1.165) is 27.6 Å². The molecule has 7 nitrogen and oxygen atoms in total. The molecule has 0 atom stereocenters. The van der Waals surface area contributed by atoms with E-state index < -0.39 is 0 Å². The Kier molecular flexibility index (Phi) is 4.04. The van der Waals surface area contributed by atoms with Gasteiger partial charge in [0, 0.05) is 41.5 Å². The van der Waals surface area contributed by atoms with Gasteiger partial charge in [-0.25, -0.2) is 14.4 Å². The maximum Gasteiger partial charge on any atom is 0.159 e. The van der Waals surface area contributed by atoms with Crippen LogP contribution in [0.3, 0.4) is 0 Å². The Labute approximate surface area is 181 Å². The van der Waals surface area contributed by atoms with Gasteiger partial charge in [-0.1, -0.05) is 6.07 Å².